The van der Waals surface area contributed by atoms with Crippen LogP contribution in [0.4, 0.5) is 0 Å². The lowest BCUT2D eigenvalue weighted by molar-refractivity contribution is 0.0234. The number of pyridine rings is 1. The van der Waals surface area contributed by atoms with E-state index < -0.39 is 0 Å². The lowest BCUT2D eigenvalue weighted by atomic mass is 9.75. The Morgan fingerprint density at radius 1 is 1.36 bits per heavy atom. The molecule has 3 rings (SSSR count). The number of halogens is 1. The topological polar surface area (TPSA) is 71.5 Å². The number of benzene rings is 1. The summed E-state index contributed by atoms with van der Waals surface area (Å²) in [5.41, 5.74) is 2.19. The van der Waals surface area contributed by atoms with Gasteiger partial charge < -0.3 is 15.2 Å². The molecule has 132 valence electrons. The first-order valence-electron chi connectivity index (χ1n) is 8.23. The Bertz CT molecular complexity index is 758. The number of amides is 1. The van der Waals surface area contributed by atoms with Crippen LogP contribution in [0.25, 0.3) is 0 Å². The number of hydrogen-bond donors (Lipinski definition) is 2. The molecular weight excluding hydrogens is 340 g/mol. The fourth-order valence-electron chi connectivity index (χ4n) is 3.11. The fraction of sp³-hybridized carbons (Fsp3) is 0.368. The van der Waals surface area contributed by atoms with E-state index in [4.69, 9.17) is 16.3 Å². The molecule has 25 heavy (non-hydrogen) atoms. The molecule has 0 saturated heterocycles. The highest BCUT2D eigenvalue weighted by molar-refractivity contribution is 6.34. The molecule has 0 radical (unpaired) electrons. The molecule has 1 aromatic heterocycles. The number of hydrogen-bond acceptors (Lipinski definition) is 4. The molecule has 6 heteroatoms. The maximum absolute atomic E-state index is 12.7. The average molecular weight is 361 g/mol. The Hall–Kier alpha value is -2.11. The summed E-state index contributed by atoms with van der Waals surface area (Å²) in [6, 6.07) is 8.82. The van der Waals surface area contributed by atoms with Crippen molar-refractivity contribution in [3.05, 3.63) is 58.2 Å². The lowest BCUT2D eigenvalue weighted by Gasteiger charge is -2.38. The van der Waals surface area contributed by atoms with Gasteiger partial charge in [0.25, 0.3) is 5.91 Å². The largest absolute Gasteiger partial charge is 0.481 e. The Morgan fingerprint density at radius 2 is 2.12 bits per heavy atom. The van der Waals surface area contributed by atoms with Crippen LogP contribution in [0, 0.1) is 12.8 Å². The molecule has 2 aromatic rings. The second-order valence-electron chi connectivity index (χ2n) is 6.41. The standard InChI is InChI=1S/C19H21ClN2O3/c1-11-4-3-5-15(17(11)20)19(24)22-18(13-8-14(23)9-13)12-6-7-16(25-2)21-10-12/h3-7,10,13-14,18,23H,8-9H2,1-2H3,(H,22,24)/t13?,14?,18-/m0/s1. The van der Waals surface area contributed by atoms with Gasteiger partial charge in [0.15, 0.2) is 0 Å². The van der Waals surface area contributed by atoms with Gasteiger partial charge in [0, 0.05) is 12.3 Å². The number of aryl methyl sites for hydroxylation is 1. The van der Waals surface area contributed by atoms with Crippen molar-refractivity contribution in [1.82, 2.24) is 10.3 Å². The van der Waals surface area contributed by atoms with Crippen LogP contribution in [-0.2, 0) is 0 Å². The third-order valence-corrected chi connectivity index (χ3v) is 5.17. The van der Waals surface area contributed by atoms with Gasteiger partial charge in [-0.2, -0.15) is 0 Å². The fourth-order valence-corrected chi connectivity index (χ4v) is 3.33. The van der Waals surface area contributed by atoms with Crippen LogP contribution in [0.2, 0.25) is 5.02 Å². The third kappa shape index (κ3) is 3.78. The Labute approximate surface area is 152 Å². The summed E-state index contributed by atoms with van der Waals surface area (Å²) in [4.78, 5) is 17.0. The van der Waals surface area contributed by atoms with Crippen LogP contribution in [0.3, 0.4) is 0 Å². The van der Waals surface area contributed by atoms with Crippen molar-refractivity contribution in [1.29, 1.82) is 0 Å². The Kier molecular flexibility index (Phi) is 5.25. The van der Waals surface area contributed by atoms with Crippen molar-refractivity contribution in [3.8, 4) is 5.88 Å². The predicted octanol–water partition coefficient (Wildman–Crippen LogP) is 3.29. The zero-order chi connectivity index (χ0) is 18.0. The summed E-state index contributed by atoms with van der Waals surface area (Å²) in [5, 5.41) is 13.2. The molecule has 0 aliphatic heterocycles. The normalized spacial score (nSPS) is 20.5. The van der Waals surface area contributed by atoms with Crippen LogP contribution in [0.1, 0.15) is 40.4 Å². The van der Waals surface area contributed by atoms with Crippen molar-refractivity contribution < 1.29 is 14.6 Å². The molecular formula is C19H21ClN2O3. The summed E-state index contributed by atoms with van der Waals surface area (Å²) >= 11 is 6.28. The summed E-state index contributed by atoms with van der Waals surface area (Å²) in [7, 11) is 1.56. The van der Waals surface area contributed by atoms with Crippen molar-refractivity contribution in [2.75, 3.05) is 7.11 Å². The quantitative estimate of drug-likeness (QED) is 0.858. The van der Waals surface area contributed by atoms with E-state index in [2.05, 4.69) is 10.3 Å². The van der Waals surface area contributed by atoms with E-state index in [1.165, 1.54) is 0 Å². The third-order valence-electron chi connectivity index (χ3n) is 4.67. The molecule has 0 spiro atoms. The first kappa shape index (κ1) is 17.7. The number of carbonyl (C=O) groups is 1. The zero-order valence-corrected chi connectivity index (χ0v) is 15.0. The first-order chi connectivity index (χ1) is 12.0. The molecule has 0 unspecified atom stereocenters. The predicted molar refractivity (Wildman–Crippen MR) is 95.9 cm³/mol. The highest BCUT2D eigenvalue weighted by Gasteiger charge is 2.36. The van der Waals surface area contributed by atoms with Gasteiger partial charge in [-0.3, -0.25) is 4.79 Å². The molecule has 1 heterocycles. The molecule has 0 bridgehead atoms. The number of nitrogens with zero attached hydrogens (tertiary/aromatic N) is 1. The van der Waals surface area contributed by atoms with Gasteiger partial charge in [-0.25, -0.2) is 4.98 Å². The van der Waals surface area contributed by atoms with Crippen molar-refractivity contribution in [3.63, 3.8) is 0 Å². The summed E-state index contributed by atoms with van der Waals surface area (Å²) in [6.07, 6.45) is 2.70. The molecule has 1 atom stereocenters. The highest BCUT2D eigenvalue weighted by atomic mass is 35.5. The second kappa shape index (κ2) is 7.42. The smallest absolute Gasteiger partial charge is 0.253 e. The summed E-state index contributed by atoms with van der Waals surface area (Å²) in [6.45, 7) is 1.87. The van der Waals surface area contributed by atoms with Gasteiger partial charge >= 0.3 is 0 Å². The van der Waals surface area contributed by atoms with Gasteiger partial charge in [0.1, 0.15) is 0 Å². The lowest BCUT2D eigenvalue weighted by Crippen LogP contribution is -2.41. The minimum absolute atomic E-state index is 0.165. The van der Waals surface area contributed by atoms with Gasteiger partial charge in [0.05, 0.1) is 29.8 Å². The maximum atomic E-state index is 12.7. The molecule has 1 fully saturated rings. The monoisotopic (exact) mass is 360 g/mol. The second-order valence-corrected chi connectivity index (χ2v) is 6.78. The van der Waals surface area contributed by atoms with Crippen molar-refractivity contribution >= 4 is 17.5 Å². The van der Waals surface area contributed by atoms with Gasteiger partial charge in [-0.15, -0.1) is 0 Å². The van der Waals surface area contributed by atoms with Gasteiger partial charge in [0.2, 0.25) is 5.88 Å². The molecule has 1 aliphatic rings. The Balaban J connectivity index is 1.84. The minimum Gasteiger partial charge on any atom is -0.481 e. The van der Waals surface area contributed by atoms with E-state index in [-0.39, 0.29) is 24.0 Å². The zero-order valence-electron chi connectivity index (χ0n) is 14.2. The number of methoxy groups -OCH3 is 1. The Morgan fingerprint density at radius 3 is 2.72 bits per heavy atom. The number of aliphatic hydroxyl groups excluding tert-OH is 1. The molecule has 1 amide bonds. The van der Waals surface area contributed by atoms with Gasteiger partial charge in [-0.05, 0) is 42.9 Å². The van der Waals surface area contributed by atoms with Crippen LogP contribution >= 0.6 is 11.6 Å². The van der Waals surface area contributed by atoms with E-state index in [0.717, 1.165) is 11.1 Å². The molecule has 1 saturated carbocycles. The first-order valence-corrected chi connectivity index (χ1v) is 8.61. The maximum Gasteiger partial charge on any atom is 0.253 e. The summed E-state index contributed by atoms with van der Waals surface area (Å²) < 4.78 is 5.09. The molecule has 5 nitrogen and oxygen atoms in total. The van der Waals surface area contributed by atoms with Gasteiger partial charge in [-0.1, -0.05) is 29.8 Å². The van der Waals surface area contributed by atoms with E-state index in [1.807, 2.05) is 25.1 Å². The van der Waals surface area contributed by atoms with Crippen LogP contribution < -0.4 is 10.1 Å². The highest BCUT2D eigenvalue weighted by Crippen LogP contribution is 2.38. The number of ether oxygens (including phenoxy) is 1. The van der Waals surface area contributed by atoms with Crippen LogP contribution in [0.5, 0.6) is 5.88 Å². The number of carbonyl (C=O) groups excluding carboxylic acids is 1. The van der Waals surface area contributed by atoms with E-state index in [0.29, 0.717) is 29.3 Å². The number of aliphatic hydroxyl groups is 1. The number of rotatable bonds is 5. The number of nitrogens with one attached hydrogen (secondary N) is 1. The molecule has 2 N–H and O–H groups in total. The molecule has 1 aliphatic carbocycles. The molecule has 1 aromatic carbocycles. The van der Waals surface area contributed by atoms with Crippen molar-refractivity contribution in [2.45, 2.75) is 31.9 Å². The number of aromatic nitrogens is 1. The average Bonchev–Trinajstić information content (AvgIpc) is 2.59. The minimum atomic E-state index is -0.307. The summed E-state index contributed by atoms with van der Waals surface area (Å²) in [5.74, 6) is 0.456. The van der Waals surface area contributed by atoms with E-state index >= 15 is 0 Å². The SMILES string of the molecule is COc1ccc([C@H](NC(=O)c2cccc(C)c2Cl)C2CC(O)C2)cn1. The van der Waals surface area contributed by atoms with E-state index in [1.54, 1.807) is 25.4 Å². The van der Waals surface area contributed by atoms with Crippen LogP contribution in [0.15, 0.2) is 36.5 Å². The van der Waals surface area contributed by atoms with Crippen LogP contribution in [-0.4, -0.2) is 29.2 Å². The van der Waals surface area contributed by atoms with Crippen molar-refractivity contribution in [2.24, 2.45) is 5.92 Å². The van der Waals surface area contributed by atoms with E-state index in [9.17, 15) is 9.90 Å².